The largest absolute Gasteiger partial charge is 0.307 e. The van der Waals surface area contributed by atoms with Crippen LogP contribution in [0, 0.1) is 5.82 Å². The summed E-state index contributed by atoms with van der Waals surface area (Å²) >= 11 is 6.26. The Balaban J connectivity index is 1.60. The van der Waals surface area contributed by atoms with Gasteiger partial charge in [-0.15, -0.1) is 0 Å². The topological polar surface area (TPSA) is 23.6 Å². The summed E-state index contributed by atoms with van der Waals surface area (Å²) in [4.78, 5) is 18.5. The molecule has 1 amide bonds. The quantitative estimate of drug-likeness (QED) is 0.495. The molecule has 0 aromatic heterocycles. The molecule has 162 valence electrons. The molecule has 1 aliphatic carbocycles. The molecular weight excluding hydrogens is 423 g/mol. The standard InChI is InChI=1S/C27H24ClFN2O/c28-20-13-11-19(12-14-20)27-23-6-2-1-5-22(23)26(32)31(27)25-8-4-3-7-24(25)30(27)17-18-9-15-21(29)16-10-18/h1-2,5-6,9-16,24-25H,3-4,7-8,17H2. The molecule has 1 saturated carbocycles. The first-order valence-electron chi connectivity index (χ1n) is 11.3. The average molecular weight is 447 g/mol. The van der Waals surface area contributed by atoms with E-state index in [2.05, 4.69) is 28.0 Å². The molecule has 2 heterocycles. The molecule has 0 radical (unpaired) electrons. The van der Waals surface area contributed by atoms with E-state index in [1.165, 1.54) is 12.1 Å². The maximum Gasteiger partial charge on any atom is 0.256 e. The smallest absolute Gasteiger partial charge is 0.256 e. The Morgan fingerprint density at radius 1 is 0.906 bits per heavy atom. The summed E-state index contributed by atoms with van der Waals surface area (Å²) in [5.41, 5.74) is 3.21. The van der Waals surface area contributed by atoms with Gasteiger partial charge in [0.2, 0.25) is 0 Å². The minimum atomic E-state index is -0.688. The number of amides is 1. The Kier molecular flexibility index (Phi) is 4.63. The number of nitrogens with zero attached hydrogens (tertiary/aromatic N) is 2. The lowest BCUT2D eigenvalue weighted by atomic mass is 9.87. The Morgan fingerprint density at radius 2 is 1.59 bits per heavy atom. The number of carbonyl (C=O) groups excluding carboxylic acids is 1. The van der Waals surface area contributed by atoms with E-state index in [0.29, 0.717) is 11.6 Å². The molecule has 0 spiro atoms. The highest BCUT2D eigenvalue weighted by molar-refractivity contribution is 6.30. The first-order valence-corrected chi connectivity index (χ1v) is 11.7. The van der Waals surface area contributed by atoms with E-state index in [-0.39, 0.29) is 23.8 Å². The van der Waals surface area contributed by atoms with Gasteiger partial charge in [0.15, 0.2) is 5.66 Å². The first-order chi connectivity index (χ1) is 15.6. The molecule has 2 fully saturated rings. The molecule has 1 saturated heterocycles. The maximum absolute atomic E-state index is 13.8. The van der Waals surface area contributed by atoms with Gasteiger partial charge in [-0.2, -0.15) is 0 Å². The Labute approximate surface area is 192 Å². The highest BCUT2D eigenvalue weighted by Crippen LogP contribution is 2.56. The minimum Gasteiger partial charge on any atom is -0.307 e. The lowest BCUT2D eigenvalue weighted by Crippen LogP contribution is -2.50. The fraction of sp³-hybridized carbons (Fsp3) is 0.296. The van der Waals surface area contributed by atoms with Crippen molar-refractivity contribution in [1.82, 2.24) is 9.80 Å². The SMILES string of the molecule is O=C1c2ccccc2C2(c3ccc(Cl)cc3)N(Cc3ccc(F)cc3)C3CCCCC3N12. The average Bonchev–Trinajstić information content (AvgIpc) is 3.25. The number of hydrogen-bond donors (Lipinski definition) is 0. The Hall–Kier alpha value is -2.69. The molecule has 3 unspecified atom stereocenters. The summed E-state index contributed by atoms with van der Waals surface area (Å²) in [7, 11) is 0. The molecule has 3 aromatic carbocycles. The number of benzene rings is 3. The van der Waals surface area contributed by atoms with Gasteiger partial charge in [-0.25, -0.2) is 4.39 Å². The Morgan fingerprint density at radius 3 is 2.34 bits per heavy atom. The molecule has 3 aromatic rings. The van der Waals surface area contributed by atoms with Crippen molar-refractivity contribution in [1.29, 1.82) is 0 Å². The zero-order chi connectivity index (χ0) is 21.9. The van der Waals surface area contributed by atoms with E-state index in [0.717, 1.165) is 47.9 Å². The Bertz CT molecular complexity index is 1180. The van der Waals surface area contributed by atoms with Crippen LogP contribution in [0.2, 0.25) is 5.02 Å². The van der Waals surface area contributed by atoms with Crippen molar-refractivity contribution in [2.45, 2.75) is 50.0 Å². The number of hydrogen-bond acceptors (Lipinski definition) is 2. The monoisotopic (exact) mass is 446 g/mol. The molecule has 0 bridgehead atoms. The number of rotatable bonds is 3. The van der Waals surface area contributed by atoms with E-state index < -0.39 is 5.66 Å². The predicted molar refractivity (Wildman–Crippen MR) is 123 cm³/mol. The third-order valence-corrected chi connectivity index (χ3v) is 7.71. The molecule has 5 heteroatoms. The van der Waals surface area contributed by atoms with E-state index in [1.807, 2.05) is 42.5 Å². The lowest BCUT2D eigenvalue weighted by Gasteiger charge is -2.42. The third-order valence-electron chi connectivity index (χ3n) is 7.45. The highest BCUT2D eigenvalue weighted by Gasteiger charge is 2.64. The molecule has 0 N–H and O–H groups in total. The van der Waals surface area contributed by atoms with Gasteiger partial charge in [-0.3, -0.25) is 9.69 Å². The van der Waals surface area contributed by atoms with E-state index in [1.54, 1.807) is 0 Å². The van der Waals surface area contributed by atoms with Gasteiger partial charge in [0.05, 0.1) is 6.04 Å². The van der Waals surface area contributed by atoms with Crippen molar-refractivity contribution in [3.63, 3.8) is 0 Å². The van der Waals surface area contributed by atoms with Gasteiger partial charge in [0.25, 0.3) is 5.91 Å². The summed E-state index contributed by atoms with van der Waals surface area (Å²) in [5.74, 6) is -0.129. The van der Waals surface area contributed by atoms with Gasteiger partial charge in [0, 0.05) is 28.7 Å². The minimum absolute atomic E-state index is 0.106. The van der Waals surface area contributed by atoms with Crippen LogP contribution >= 0.6 is 11.6 Å². The molecular formula is C27H24ClFN2O. The van der Waals surface area contributed by atoms with Gasteiger partial charge in [-0.05, 0) is 54.3 Å². The third kappa shape index (κ3) is 2.72. The summed E-state index contributed by atoms with van der Waals surface area (Å²) in [6.07, 6.45) is 4.33. The van der Waals surface area contributed by atoms with Crippen LogP contribution in [0.4, 0.5) is 4.39 Å². The van der Waals surface area contributed by atoms with Crippen LogP contribution in [0.1, 0.15) is 52.7 Å². The maximum atomic E-state index is 13.8. The summed E-state index contributed by atoms with van der Waals surface area (Å²) < 4.78 is 13.6. The number of halogens is 2. The molecule has 3 atom stereocenters. The fourth-order valence-electron chi connectivity index (χ4n) is 6.22. The molecule has 3 aliphatic rings. The van der Waals surface area contributed by atoms with Gasteiger partial charge in [-0.1, -0.05) is 66.9 Å². The summed E-state index contributed by atoms with van der Waals surface area (Å²) in [5, 5.41) is 0.676. The molecule has 3 nitrogen and oxygen atoms in total. The van der Waals surface area contributed by atoms with Crippen molar-refractivity contribution >= 4 is 17.5 Å². The van der Waals surface area contributed by atoms with Crippen LogP contribution in [0.15, 0.2) is 72.8 Å². The second-order valence-electron chi connectivity index (χ2n) is 9.07. The van der Waals surface area contributed by atoms with Gasteiger partial charge in [0.1, 0.15) is 5.82 Å². The number of fused-ring (bicyclic) bond motifs is 5. The van der Waals surface area contributed by atoms with Crippen molar-refractivity contribution in [2.75, 3.05) is 0 Å². The normalized spacial score (nSPS) is 26.7. The lowest BCUT2D eigenvalue weighted by molar-refractivity contribution is 0.0320. The van der Waals surface area contributed by atoms with Crippen LogP contribution in [0.5, 0.6) is 0 Å². The zero-order valence-corrected chi connectivity index (χ0v) is 18.4. The van der Waals surface area contributed by atoms with Crippen molar-refractivity contribution in [3.8, 4) is 0 Å². The highest BCUT2D eigenvalue weighted by atomic mass is 35.5. The van der Waals surface area contributed by atoms with Gasteiger partial charge < -0.3 is 4.90 Å². The van der Waals surface area contributed by atoms with Crippen LogP contribution in [-0.2, 0) is 12.2 Å². The van der Waals surface area contributed by atoms with E-state index in [4.69, 9.17) is 11.6 Å². The predicted octanol–water partition coefficient (Wildman–Crippen LogP) is 5.96. The molecule has 32 heavy (non-hydrogen) atoms. The molecule has 6 rings (SSSR count). The zero-order valence-electron chi connectivity index (χ0n) is 17.7. The van der Waals surface area contributed by atoms with Crippen molar-refractivity contribution in [2.24, 2.45) is 0 Å². The van der Waals surface area contributed by atoms with E-state index >= 15 is 0 Å². The summed E-state index contributed by atoms with van der Waals surface area (Å²) in [6.45, 7) is 0.641. The van der Waals surface area contributed by atoms with Crippen molar-refractivity contribution in [3.05, 3.63) is 106 Å². The summed E-state index contributed by atoms with van der Waals surface area (Å²) in [6, 6.07) is 23.1. The second kappa shape index (κ2) is 7.43. The van der Waals surface area contributed by atoms with Crippen LogP contribution in [0.25, 0.3) is 0 Å². The second-order valence-corrected chi connectivity index (χ2v) is 9.51. The molecule has 2 aliphatic heterocycles. The van der Waals surface area contributed by atoms with Crippen LogP contribution < -0.4 is 0 Å². The first kappa shape index (κ1) is 20.0. The van der Waals surface area contributed by atoms with E-state index in [9.17, 15) is 9.18 Å². The number of carbonyl (C=O) groups is 1. The van der Waals surface area contributed by atoms with Crippen LogP contribution in [-0.4, -0.2) is 27.8 Å². The van der Waals surface area contributed by atoms with Crippen LogP contribution in [0.3, 0.4) is 0 Å². The van der Waals surface area contributed by atoms with Crippen molar-refractivity contribution < 1.29 is 9.18 Å². The van der Waals surface area contributed by atoms with Gasteiger partial charge >= 0.3 is 0 Å². The fourth-order valence-corrected chi connectivity index (χ4v) is 6.35.